The van der Waals surface area contributed by atoms with E-state index in [0.29, 0.717) is 35.8 Å². The van der Waals surface area contributed by atoms with Gasteiger partial charge in [-0.2, -0.15) is 0 Å². The van der Waals surface area contributed by atoms with Crippen LogP contribution in [-0.2, 0) is 14.9 Å². The van der Waals surface area contributed by atoms with Crippen molar-refractivity contribution in [3.05, 3.63) is 65.2 Å². The molecule has 1 saturated carbocycles. The van der Waals surface area contributed by atoms with Crippen LogP contribution in [0.25, 0.3) is 10.8 Å². The minimum atomic E-state index is -0.820. The van der Waals surface area contributed by atoms with Crippen LogP contribution in [0, 0.1) is 5.92 Å². The number of ether oxygens (including phenoxy) is 3. The number of fused-ring (bicyclic) bond motifs is 1. The van der Waals surface area contributed by atoms with Crippen LogP contribution >= 0.6 is 0 Å². The number of hydrogen-bond acceptors (Lipinski definition) is 7. The highest BCUT2D eigenvalue weighted by molar-refractivity contribution is 6.48. The van der Waals surface area contributed by atoms with Crippen molar-refractivity contribution in [1.29, 1.82) is 0 Å². The van der Waals surface area contributed by atoms with E-state index >= 15 is 0 Å². The first-order valence-electron chi connectivity index (χ1n) is 15.0. The van der Waals surface area contributed by atoms with Crippen LogP contribution in [0.4, 0.5) is 5.69 Å². The molecule has 1 heterocycles. The number of ketones is 1. The SMILES string of the molecule is COc1c(NC(=O)C(=O)c2ccc(OCCN3CCOCC3)c3ccccc23)cc(C(C)(C)C)cc1C(=O)NCC1CC1. The summed E-state index contributed by atoms with van der Waals surface area (Å²) >= 11 is 0. The number of hydrogen-bond donors (Lipinski definition) is 2. The van der Waals surface area contributed by atoms with Gasteiger partial charge in [0.2, 0.25) is 0 Å². The Labute approximate surface area is 252 Å². The van der Waals surface area contributed by atoms with E-state index in [1.54, 1.807) is 24.3 Å². The molecule has 0 atom stereocenters. The molecule has 2 N–H and O–H groups in total. The average Bonchev–Trinajstić information content (AvgIpc) is 3.84. The van der Waals surface area contributed by atoms with Gasteiger partial charge in [-0.25, -0.2) is 0 Å². The normalized spacial score (nSPS) is 15.6. The third kappa shape index (κ3) is 7.35. The number of carbonyl (C=O) groups is 3. The van der Waals surface area contributed by atoms with Gasteiger partial charge in [-0.05, 0) is 59.4 Å². The third-order valence-corrected chi connectivity index (χ3v) is 8.00. The summed E-state index contributed by atoms with van der Waals surface area (Å²) in [6.45, 7) is 11.1. The molecule has 1 aliphatic heterocycles. The molecule has 9 nitrogen and oxygen atoms in total. The van der Waals surface area contributed by atoms with Crippen LogP contribution in [0.15, 0.2) is 48.5 Å². The first-order valence-corrected chi connectivity index (χ1v) is 15.0. The molecule has 3 aromatic rings. The van der Waals surface area contributed by atoms with E-state index in [4.69, 9.17) is 14.2 Å². The molecule has 0 spiro atoms. The standard InChI is InChI=1S/C34H41N3O6/c1-34(2,3)23-19-27(32(39)35-21-22-9-10-22)31(41-4)28(20-23)36-33(40)30(38)26-11-12-29(25-8-6-5-7-24(25)26)43-18-15-37-13-16-42-17-14-37/h5-8,11-12,19-20,22H,9-10,13-18,21H2,1-4H3,(H,35,39)(H,36,40). The Bertz CT molecular complexity index is 1500. The summed E-state index contributed by atoms with van der Waals surface area (Å²) in [4.78, 5) is 42.5. The van der Waals surface area contributed by atoms with Gasteiger partial charge >= 0.3 is 0 Å². The number of nitrogens with one attached hydrogen (secondary N) is 2. The summed E-state index contributed by atoms with van der Waals surface area (Å²) < 4.78 is 17.2. The Kier molecular flexibility index (Phi) is 9.32. The molecule has 0 radical (unpaired) electrons. The van der Waals surface area contributed by atoms with E-state index in [2.05, 4.69) is 15.5 Å². The maximum atomic E-state index is 13.6. The van der Waals surface area contributed by atoms with Crippen molar-refractivity contribution in [1.82, 2.24) is 10.2 Å². The van der Waals surface area contributed by atoms with Crippen molar-refractivity contribution in [2.75, 3.05) is 58.4 Å². The Morgan fingerprint density at radius 2 is 1.70 bits per heavy atom. The minimum absolute atomic E-state index is 0.219. The fourth-order valence-corrected chi connectivity index (χ4v) is 5.20. The number of rotatable bonds is 11. The summed E-state index contributed by atoms with van der Waals surface area (Å²) in [6.07, 6.45) is 2.22. The lowest BCUT2D eigenvalue weighted by atomic mass is 9.85. The molecular weight excluding hydrogens is 546 g/mol. The number of amides is 2. The van der Waals surface area contributed by atoms with Crippen LogP contribution in [0.5, 0.6) is 11.5 Å². The third-order valence-electron chi connectivity index (χ3n) is 8.00. The fourth-order valence-electron chi connectivity index (χ4n) is 5.20. The first-order chi connectivity index (χ1) is 20.7. The Hall–Kier alpha value is -3.95. The van der Waals surface area contributed by atoms with Crippen LogP contribution in [0.1, 0.15) is 59.9 Å². The zero-order chi connectivity index (χ0) is 30.6. The van der Waals surface area contributed by atoms with Crippen LogP contribution in [0.3, 0.4) is 0 Å². The lowest BCUT2D eigenvalue weighted by molar-refractivity contribution is -0.112. The Morgan fingerprint density at radius 3 is 2.37 bits per heavy atom. The molecule has 228 valence electrons. The smallest absolute Gasteiger partial charge is 0.296 e. The number of methoxy groups -OCH3 is 1. The molecule has 5 rings (SSSR count). The number of benzene rings is 3. The first kappa shape index (κ1) is 30.5. The number of anilines is 1. The van der Waals surface area contributed by atoms with Gasteiger partial charge < -0.3 is 24.8 Å². The molecule has 2 aliphatic rings. The van der Waals surface area contributed by atoms with Gasteiger partial charge in [-0.1, -0.05) is 45.0 Å². The van der Waals surface area contributed by atoms with Crippen molar-refractivity contribution < 1.29 is 28.6 Å². The van der Waals surface area contributed by atoms with E-state index in [1.165, 1.54) is 7.11 Å². The Morgan fingerprint density at radius 1 is 0.977 bits per heavy atom. The maximum Gasteiger partial charge on any atom is 0.296 e. The van der Waals surface area contributed by atoms with Crippen molar-refractivity contribution in [3.8, 4) is 11.5 Å². The zero-order valence-corrected chi connectivity index (χ0v) is 25.5. The second-order valence-corrected chi connectivity index (χ2v) is 12.3. The van der Waals surface area contributed by atoms with E-state index in [9.17, 15) is 14.4 Å². The molecule has 0 bridgehead atoms. The van der Waals surface area contributed by atoms with Gasteiger partial charge in [-0.15, -0.1) is 0 Å². The second-order valence-electron chi connectivity index (χ2n) is 12.3. The number of morpholine rings is 1. The molecule has 2 amide bonds. The van der Waals surface area contributed by atoms with E-state index in [-0.39, 0.29) is 28.3 Å². The summed E-state index contributed by atoms with van der Waals surface area (Å²) in [7, 11) is 1.45. The highest BCUT2D eigenvalue weighted by atomic mass is 16.5. The second kappa shape index (κ2) is 13.1. The Balaban J connectivity index is 1.38. The van der Waals surface area contributed by atoms with Crippen molar-refractivity contribution in [3.63, 3.8) is 0 Å². The molecule has 9 heteroatoms. The molecule has 0 unspecified atom stereocenters. The van der Waals surface area contributed by atoms with E-state index in [1.807, 2.05) is 45.0 Å². The molecule has 3 aromatic carbocycles. The van der Waals surface area contributed by atoms with Crippen molar-refractivity contribution in [2.24, 2.45) is 5.92 Å². The van der Waals surface area contributed by atoms with Crippen LogP contribution in [-0.4, -0.2) is 75.6 Å². The topological polar surface area (TPSA) is 106 Å². The molecule has 0 aromatic heterocycles. The van der Waals surface area contributed by atoms with Gasteiger partial charge in [0.25, 0.3) is 17.6 Å². The van der Waals surface area contributed by atoms with Gasteiger partial charge in [0.1, 0.15) is 12.4 Å². The highest BCUT2D eigenvalue weighted by Crippen LogP contribution is 2.36. The fraction of sp³-hybridized carbons (Fsp3) is 0.441. The van der Waals surface area contributed by atoms with Crippen molar-refractivity contribution >= 4 is 34.1 Å². The molecule has 43 heavy (non-hydrogen) atoms. The monoisotopic (exact) mass is 587 g/mol. The molecular formula is C34H41N3O6. The van der Waals surface area contributed by atoms with Gasteiger partial charge in [0.15, 0.2) is 5.75 Å². The lowest BCUT2D eigenvalue weighted by Crippen LogP contribution is -2.38. The molecule has 1 saturated heterocycles. The summed E-state index contributed by atoms with van der Waals surface area (Å²) in [5.74, 6) is -0.404. The largest absolute Gasteiger partial charge is 0.494 e. The predicted octanol–water partition coefficient (Wildman–Crippen LogP) is 4.82. The molecule has 1 aliphatic carbocycles. The van der Waals surface area contributed by atoms with Crippen LogP contribution < -0.4 is 20.1 Å². The van der Waals surface area contributed by atoms with Crippen LogP contribution in [0.2, 0.25) is 0 Å². The highest BCUT2D eigenvalue weighted by Gasteiger charge is 2.28. The number of Topliss-reactive ketones (excluding diaryl/α,β-unsaturated/α-hetero) is 1. The maximum absolute atomic E-state index is 13.6. The van der Waals surface area contributed by atoms with E-state index in [0.717, 1.165) is 56.6 Å². The summed E-state index contributed by atoms with van der Waals surface area (Å²) in [5.41, 5.74) is 1.37. The van der Waals surface area contributed by atoms with Gasteiger partial charge in [0, 0.05) is 37.1 Å². The van der Waals surface area contributed by atoms with Gasteiger partial charge in [-0.3, -0.25) is 19.3 Å². The molecule has 2 fully saturated rings. The minimum Gasteiger partial charge on any atom is -0.494 e. The summed E-state index contributed by atoms with van der Waals surface area (Å²) in [5, 5.41) is 7.12. The number of carbonyl (C=O) groups excluding carboxylic acids is 3. The number of nitrogens with zero attached hydrogens (tertiary/aromatic N) is 1. The van der Waals surface area contributed by atoms with Crippen molar-refractivity contribution in [2.45, 2.75) is 39.0 Å². The zero-order valence-electron chi connectivity index (χ0n) is 25.5. The van der Waals surface area contributed by atoms with Gasteiger partial charge in [0.05, 0.1) is 31.6 Å². The lowest BCUT2D eigenvalue weighted by Gasteiger charge is -2.26. The quantitative estimate of drug-likeness (QED) is 0.245. The average molecular weight is 588 g/mol. The summed E-state index contributed by atoms with van der Waals surface area (Å²) in [6, 6.07) is 14.3. The van der Waals surface area contributed by atoms with E-state index < -0.39 is 11.7 Å². The predicted molar refractivity (Wildman–Crippen MR) is 166 cm³/mol.